The molecule has 0 aliphatic heterocycles. The Hall–Kier alpha value is -4.53. The number of hydrogen-bond acceptors (Lipinski definition) is 8. The van der Waals surface area contributed by atoms with E-state index in [9.17, 15) is 9.59 Å². The van der Waals surface area contributed by atoms with Crippen LogP contribution < -0.4 is 29.1 Å². The monoisotopic (exact) mass is 492 g/mol. The molecular weight excluding hydrogens is 464 g/mol. The van der Waals surface area contributed by atoms with Gasteiger partial charge in [-0.25, -0.2) is 10.2 Å². The summed E-state index contributed by atoms with van der Waals surface area (Å²) in [6.45, 7) is 2.17. The van der Waals surface area contributed by atoms with Crippen molar-refractivity contribution in [3.05, 3.63) is 77.4 Å². The zero-order chi connectivity index (χ0) is 25.9. The van der Waals surface area contributed by atoms with Crippen LogP contribution in [0, 0.1) is 0 Å². The van der Waals surface area contributed by atoms with E-state index in [0.717, 1.165) is 5.56 Å². The number of hydrazone groups is 1. The summed E-state index contributed by atoms with van der Waals surface area (Å²) in [5.41, 5.74) is 4.24. The average molecular weight is 493 g/mol. The molecule has 1 N–H and O–H groups in total. The second kappa shape index (κ2) is 12.8. The van der Waals surface area contributed by atoms with Crippen molar-refractivity contribution in [1.29, 1.82) is 0 Å². The van der Waals surface area contributed by atoms with Crippen molar-refractivity contribution in [3.63, 3.8) is 0 Å². The number of hydrogen-bond donors (Lipinski definition) is 1. The topological polar surface area (TPSA) is 105 Å². The van der Waals surface area contributed by atoms with Crippen LogP contribution in [0.1, 0.15) is 28.4 Å². The molecule has 1 amide bonds. The highest BCUT2D eigenvalue weighted by atomic mass is 16.6. The number of carbonyl (C=O) groups is 2. The fraction of sp³-hybridized carbons (Fsp3) is 0.222. The van der Waals surface area contributed by atoms with Gasteiger partial charge in [-0.1, -0.05) is 30.3 Å². The summed E-state index contributed by atoms with van der Waals surface area (Å²) in [5.74, 6) is 0.720. The lowest BCUT2D eigenvalue weighted by atomic mass is 10.1. The Morgan fingerprint density at radius 1 is 0.861 bits per heavy atom. The van der Waals surface area contributed by atoms with Crippen LogP contribution in [0.25, 0.3) is 0 Å². The second-order valence-electron chi connectivity index (χ2n) is 7.40. The summed E-state index contributed by atoms with van der Waals surface area (Å²) < 4.78 is 27.1. The average Bonchev–Trinajstić information content (AvgIpc) is 2.89. The molecule has 3 rings (SSSR count). The third kappa shape index (κ3) is 6.75. The van der Waals surface area contributed by atoms with Crippen molar-refractivity contribution < 1.29 is 33.3 Å². The number of methoxy groups -OCH3 is 3. The summed E-state index contributed by atoms with van der Waals surface area (Å²) in [6, 6.07) is 17.3. The molecule has 0 radical (unpaired) electrons. The van der Waals surface area contributed by atoms with E-state index >= 15 is 0 Å². The van der Waals surface area contributed by atoms with Gasteiger partial charge in [-0.3, -0.25) is 4.79 Å². The van der Waals surface area contributed by atoms with E-state index in [2.05, 4.69) is 10.5 Å². The standard InChI is InChI=1S/C27H28N2O7/c1-5-35-22-13-19(17-28-29-25(30)14-18-9-7-6-8-10-18)11-12-21(22)36-27(31)20-15-23(32-2)26(34-4)24(16-20)33-3/h6-13,15-17H,5,14H2,1-4H3,(H,29,30)/b28-17+. The molecule has 0 heterocycles. The molecule has 3 aromatic rings. The van der Waals surface area contributed by atoms with E-state index in [0.29, 0.717) is 35.2 Å². The molecule has 188 valence electrons. The maximum atomic E-state index is 12.9. The van der Waals surface area contributed by atoms with Gasteiger partial charge in [0.25, 0.3) is 0 Å². The first-order valence-electron chi connectivity index (χ1n) is 11.1. The second-order valence-corrected chi connectivity index (χ2v) is 7.40. The fourth-order valence-corrected chi connectivity index (χ4v) is 3.31. The number of nitrogens with zero attached hydrogens (tertiary/aromatic N) is 1. The Balaban J connectivity index is 1.73. The first-order valence-corrected chi connectivity index (χ1v) is 11.1. The smallest absolute Gasteiger partial charge is 0.343 e. The highest BCUT2D eigenvalue weighted by molar-refractivity contribution is 5.93. The van der Waals surface area contributed by atoms with Crippen molar-refractivity contribution >= 4 is 18.1 Å². The van der Waals surface area contributed by atoms with Gasteiger partial charge in [0.15, 0.2) is 23.0 Å². The number of ether oxygens (including phenoxy) is 5. The van der Waals surface area contributed by atoms with Crippen LogP contribution in [0.4, 0.5) is 0 Å². The minimum Gasteiger partial charge on any atom is -0.493 e. The molecule has 0 atom stereocenters. The van der Waals surface area contributed by atoms with Gasteiger partial charge in [0.05, 0.1) is 46.1 Å². The molecule has 0 aliphatic carbocycles. The Bertz CT molecular complexity index is 1200. The van der Waals surface area contributed by atoms with E-state index < -0.39 is 5.97 Å². The SMILES string of the molecule is CCOc1cc(/C=N/NC(=O)Cc2ccccc2)ccc1OC(=O)c1cc(OC)c(OC)c(OC)c1. The molecule has 36 heavy (non-hydrogen) atoms. The fourth-order valence-electron chi connectivity index (χ4n) is 3.31. The molecule has 0 bridgehead atoms. The van der Waals surface area contributed by atoms with Gasteiger partial charge in [-0.2, -0.15) is 5.10 Å². The quantitative estimate of drug-likeness (QED) is 0.187. The Labute approximate surface area is 209 Å². The van der Waals surface area contributed by atoms with Crippen molar-refractivity contribution in [1.82, 2.24) is 5.43 Å². The van der Waals surface area contributed by atoms with Crippen molar-refractivity contribution in [3.8, 4) is 28.7 Å². The molecule has 0 aliphatic rings. The van der Waals surface area contributed by atoms with Crippen LogP contribution in [0.3, 0.4) is 0 Å². The maximum absolute atomic E-state index is 12.9. The normalized spacial score (nSPS) is 10.6. The highest BCUT2D eigenvalue weighted by Gasteiger charge is 2.19. The van der Waals surface area contributed by atoms with Crippen molar-refractivity contribution in [2.75, 3.05) is 27.9 Å². The molecule has 0 saturated carbocycles. The number of esters is 1. The Kier molecular flexibility index (Phi) is 9.27. The van der Waals surface area contributed by atoms with Gasteiger partial charge in [0.2, 0.25) is 11.7 Å². The van der Waals surface area contributed by atoms with Crippen LogP contribution in [-0.4, -0.2) is 46.0 Å². The molecular formula is C27H28N2O7. The number of amides is 1. The molecule has 9 heteroatoms. The minimum atomic E-state index is -0.634. The van der Waals surface area contributed by atoms with Crippen molar-refractivity contribution in [2.45, 2.75) is 13.3 Å². The number of nitrogens with one attached hydrogen (secondary N) is 1. The lowest BCUT2D eigenvalue weighted by Gasteiger charge is -2.15. The van der Waals surface area contributed by atoms with Gasteiger partial charge in [-0.15, -0.1) is 0 Å². The van der Waals surface area contributed by atoms with E-state index in [-0.39, 0.29) is 23.6 Å². The molecule has 0 unspecified atom stereocenters. The molecule has 3 aromatic carbocycles. The first-order chi connectivity index (χ1) is 17.5. The predicted molar refractivity (Wildman–Crippen MR) is 135 cm³/mol. The predicted octanol–water partition coefficient (Wildman–Crippen LogP) is 4.02. The minimum absolute atomic E-state index is 0.207. The molecule has 9 nitrogen and oxygen atoms in total. The first kappa shape index (κ1) is 26.1. The molecule has 0 fully saturated rings. The maximum Gasteiger partial charge on any atom is 0.343 e. The van der Waals surface area contributed by atoms with Crippen LogP contribution >= 0.6 is 0 Å². The van der Waals surface area contributed by atoms with E-state index in [1.807, 2.05) is 37.3 Å². The summed E-state index contributed by atoms with van der Waals surface area (Å²) in [7, 11) is 4.40. The van der Waals surface area contributed by atoms with Gasteiger partial charge in [0.1, 0.15) is 0 Å². The number of rotatable bonds is 11. The number of carbonyl (C=O) groups excluding carboxylic acids is 2. The van der Waals surface area contributed by atoms with Crippen LogP contribution in [0.15, 0.2) is 65.8 Å². The zero-order valence-corrected chi connectivity index (χ0v) is 20.6. The molecule has 0 saturated heterocycles. The largest absolute Gasteiger partial charge is 0.493 e. The zero-order valence-electron chi connectivity index (χ0n) is 20.6. The van der Waals surface area contributed by atoms with E-state index in [1.54, 1.807) is 18.2 Å². The van der Waals surface area contributed by atoms with E-state index in [4.69, 9.17) is 23.7 Å². The third-order valence-electron chi connectivity index (χ3n) is 4.98. The lowest BCUT2D eigenvalue weighted by molar-refractivity contribution is -0.120. The summed E-state index contributed by atoms with van der Waals surface area (Å²) in [5, 5.41) is 4.00. The van der Waals surface area contributed by atoms with Gasteiger partial charge in [-0.05, 0) is 48.4 Å². The third-order valence-corrected chi connectivity index (χ3v) is 4.98. The van der Waals surface area contributed by atoms with Gasteiger partial charge < -0.3 is 23.7 Å². The number of benzene rings is 3. The summed E-state index contributed by atoms with van der Waals surface area (Å²) in [4.78, 5) is 25.0. The highest BCUT2D eigenvalue weighted by Crippen LogP contribution is 2.38. The van der Waals surface area contributed by atoms with Crippen molar-refractivity contribution in [2.24, 2.45) is 5.10 Å². The lowest BCUT2D eigenvalue weighted by Crippen LogP contribution is -2.19. The summed E-state index contributed by atoms with van der Waals surface area (Å²) >= 11 is 0. The van der Waals surface area contributed by atoms with Crippen LogP contribution in [0.5, 0.6) is 28.7 Å². The Morgan fingerprint density at radius 2 is 1.56 bits per heavy atom. The molecule has 0 aromatic heterocycles. The van der Waals surface area contributed by atoms with E-state index in [1.165, 1.54) is 39.7 Å². The van der Waals surface area contributed by atoms with Gasteiger partial charge >= 0.3 is 5.97 Å². The Morgan fingerprint density at radius 3 is 2.17 bits per heavy atom. The molecule has 0 spiro atoms. The van der Waals surface area contributed by atoms with Crippen LogP contribution in [0.2, 0.25) is 0 Å². The van der Waals surface area contributed by atoms with Crippen LogP contribution in [-0.2, 0) is 11.2 Å². The van der Waals surface area contributed by atoms with Gasteiger partial charge in [0, 0.05) is 0 Å². The summed E-state index contributed by atoms with van der Waals surface area (Å²) in [6.07, 6.45) is 1.70.